The van der Waals surface area contributed by atoms with Gasteiger partial charge in [-0.15, -0.1) is 0 Å². The minimum atomic E-state index is -0.470. The maximum atomic E-state index is 11.0. The van der Waals surface area contributed by atoms with Crippen molar-refractivity contribution in [3.05, 3.63) is 35.9 Å². The Bertz CT molecular complexity index is 380. The third-order valence-corrected chi connectivity index (χ3v) is 3.00. The van der Waals surface area contributed by atoms with Gasteiger partial charge in [-0.2, -0.15) is 0 Å². The summed E-state index contributed by atoms with van der Waals surface area (Å²) in [6.07, 6.45) is -0.470. The van der Waals surface area contributed by atoms with Crippen LogP contribution in [0.4, 0.5) is 0 Å². The third kappa shape index (κ3) is 3.28. The molecule has 4 nitrogen and oxygen atoms in total. The summed E-state index contributed by atoms with van der Waals surface area (Å²) >= 11 is 0. The highest BCUT2D eigenvalue weighted by molar-refractivity contribution is 5.73. The van der Waals surface area contributed by atoms with Gasteiger partial charge in [-0.1, -0.05) is 30.3 Å². The Morgan fingerprint density at radius 1 is 1.41 bits per heavy atom. The van der Waals surface area contributed by atoms with E-state index in [4.69, 9.17) is 0 Å². The number of benzene rings is 1. The summed E-state index contributed by atoms with van der Waals surface area (Å²) in [6.45, 7) is 3.61. The molecule has 2 atom stereocenters. The average Bonchev–Trinajstić information content (AvgIpc) is 2.59. The number of carbonyl (C=O) groups excluding carboxylic acids is 1. The molecule has 0 radical (unpaired) electrons. The monoisotopic (exact) mass is 234 g/mol. The van der Waals surface area contributed by atoms with Gasteiger partial charge in [0.05, 0.1) is 12.1 Å². The predicted molar refractivity (Wildman–Crippen MR) is 65.3 cm³/mol. The fourth-order valence-corrected chi connectivity index (χ4v) is 2.24. The summed E-state index contributed by atoms with van der Waals surface area (Å²) in [5.41, 5.74) is 1.23. The minimum absolute atomic E-state index is 0.0874. The number of rotatable bonds is 3. The highest BCUT2D eigenvalue weighted by Gasteiger charge is 2.31. The maximum Gasteiger partial charge on any atom is 0.217 e. The summed E-state index contributed by atoms with van der Waals surface area (Å²) in [5.74, 6) is -0.0874. The quantitative estimate of drug-likeness (QED) is 0.794. The fourth-order valence-electron chi connectivity index (χ4n) is 2.24. The molecule has 0 aromatic heterocycles. The lowest BCUT2D eigenvalue weighted by Gasteiger charge is -2.15. The molecular formula is C13H18N2O2. The molecule has 0 saturated carbocycles. The van der Waals surface area contributed by atoms with E-state index in [0.29, 0.717) is 13.1 Å². The van der Waals surface area contributed by atoms with E-state index in [0.717, 1.165) is 6.54 Å². The first kappa shape index (κ1) is 12.1. The second-order valence-electron chi connectivity index (χ2n) is 4.55. The summed E-state index contributed by atoms with van der Waals surface area (Å²) in [5, 5.41) is 12.6. The molecule has 1 aliphatic heterocycles. The summed E-state index contributed by atoms with van der Waals surface area (Å²) in [6, 6.07) is 10.00. The van der Waals surface area contributed by atoms with Crippen molar-refractivity contribution in [3.8, 4) is 0 Å². The Hall–Kier alpha value is -1.39. The Morgan fingerprint density at radius 2 is 2.12 bits per heavy atom. The minimum Gasteiger partial charge on any atom is -0.390 e. The Labute approximate surface area is 101 Å². The molecular weight excluding hydrogens is 216 g/mol. The van der Waals surface area contributed by atoms with E-state index >= 15 is 0 Å². The van der Waals surface area contributed by atoms with Crippen LogP contribution < -0.4 is 5.32 Å². The topological polar surface area (TPSA) is 52.6 Å². The largest absolute Gasteiger partial charge is 0.390 e. The highest BCUT2D eigenvalue weighted by Crippen LogP contribution is 2.14. The fraction of sp³-hybridized carbons (Fsp3) is 0.462. The maximum absolute atomic E-state index is 11.0. The van der Waals surface area contributed by atoms with E-state index in [1.807, 2.05) is 18.2 Å². The van der Waals surface area contributed by atoms with Crippen molar-refractivity contribution >= 4 is 5.91 Å². The van der Waals surface area contributed by atoms with E-state index in [1.54, 1.807) is 0 Å². The molecule has 1 amide bonds. The lowest BCUT2D eigenvalue weighted by molar-refractivity contribution is -0.120. The zero-order valence-electron chi connectivity index (χ0n) is 9.97. The first-order valence-corrected chi connectivity index (χ1v) is 5.86. The van der Waals surface area contributed by atoms with Crippen LogP contribution in [0.3, 0.4) is 0 Å². The number of amides is 1. The van der Waals surface area contributed by atoms with Gasteiger partial charge in [0, 0.05) is 26.6 Å². The zero-order chi connectivity index (χ0) is 12.3. The van der Waals surface area contributed by atoms with Gasteiger partial charge in [-0.3, -0.25) is 9.69 Å². The number of carbonyl (C=O) groups is 1. The SMILES string of the molecule is CC(=O)NC1CN(Cc2ccccc2)CC1O. The van der Waals surface area contributed by atoms with Crippen molar-refractivity contribution in [1.29, 1.82) is 0 Å². The highest BCUT2D eigenvalue weighted by atomic mass is 16.3. The van der Waals surface area contributed by atoms with E-state index < -0.39 is 6.10 Å². The van der Waals surface area contributed by atoms with Gasteiger partial charge in [-0.05, 0) is 5.56 Å². The molecule has 92 valence electrons. The Morgan fingerprint density at radius 3 is 2.76 bits per heavy atom. The molecule has 0 bridgehead atoms. The van der Waals surface area contributed by atoms with E-state index in [-0.39, 0.29) is 11.9 Å². The van der Waals surface area contributed by atoms with Crippen LogP contribution in [-0.4, -0.2) is 41.1 Å². The molecule has 2 rings (SSSR count). The van der Waals surface area contributed by atoms with Crippen LogP contribution in [0.15, 0.2) is 30.3 Å². The molecule has 1 saturated heterocycles. The number of β-amino-alcohol motifs (C(OH)–C–C–N with tert-alkyl or cyclic N) is 1. The molecule has 0 spiro atoms. The van der Waals surface area contributed by atoms with Gasteiger partial charge in [0.1, 0.15) is 0 Å². The van der Waals surface area contributed by atoms with Crippen LogP contribution in [0.25, 0.3) is 0 Å². The molecule has 2 N–H and O–H groups in total. The summed E-state index contributed by atoms with van der Waals surface area (Å²) in [7, 11) is 0. The first-order valence-electron chi connectivity index (χ1n) is 5.86. The second kappa shape index (κ2) is 5.29. The van der Waals surface area contributed by atoms with Crippen LogP contribution in [0.1, 0.15) is 12.5 Å². The molecule has 1 fully saturated rings. The second-order valence-corrected chi connectivity index (χ2v) is 4.55. The van der Waals surface area contributed by atoms with Crippen molar-refractivity contribution in [2.24, 2.45) is 0 Å². The van der Waals surface area contributed by atoms with Gasteiger partial charge in [0.25, 0.3) is 0 Å². The van der Waals surface area contributed by atoms with Crippen LogP contribution in [0.5, 0.6) is 0 Å². The van der Waals surface area contributed by atoms with E-state index in [2.05, 4.69) is 22.3 Å². The molecule has 4 heteroatoms. The van der Waals surface area contributed by atoms with Gasteiger partial charge in [0.2, 0.25) is 5.91 Å². The van der Waals surface area contributed by atoms with Crippen molar-refractivity contribution in [1.82, 2.24) is 10.2 Å². The van der Waals surface area contributed by atoms with Crippen LogP contribution >= 0.6 is 0 Å². The van der Waals surface area contributed by atoms with E-state index in [1.165, 1.54) is 12.5 Å². The Balaban J connectivity index is 1.91. The zero-order valence-corrected chi connectivity index (χ0v) is 9.97. The van der Waals surface area contributed by atoms with Crippen LogP contribution in [0, 0.1) is 0 Å². The van der Waals surface area contributed by atoms with Crippen molar-refractivity contribution in [2.75, 3.05) is 13.1 Å². The van der Waals surface area contributed by atoms with E-state index in [9.17, 15) is 9.90 Å². The lowest BCUT2D eigenvalue weighted by atomic mass is 10.2. The van der Waals surface area contributed by atoms with Crippen molar-refractivity contribution < 1.29 is 9.90 Å². The molecule has 17 heavy (non-hydrogen) atoms. The summed E-state index contributed by atoms with van der Waals surface area (Å²) < 4.78 is 0. The van der Waals surface area contributed by atoms with Gasteiger partial charge in [-0.25, -0.2) is 0 Å². The van der Waals surface area contributed by atoms with Crippen LogP contribution in [0.2, 0.25) is 0 Å². The first-order chi connectivity index (χ1) is 8.15. The van der Waals surface area contributed by atoms with Crippen molar-refractivity contribution in [2.45, 2.75) is 25.6 Å². The number of hydrogen-bond donors (Lipinski definition) is 2. The molecule has 1 aromatic carbocycles. The smallest absolute Gasteiger partial charge is 0.217 e. The predicted octanol–water partition coefficient (Wildman–Crippen LogP) is 0.368. The van der Waals surface area contributed by atoms with Gasteiger partial charge < -0.3 is 10.4 Å². The number of hydrogen-bond acceptors (Lipinski definition) is 3. The molecule has 1 aliphatic rings. The standard InChI is InChI=1S/C13H18N2O2/c1-10(16)14-12-8-15(9-13(12)17)7-11-5-3-2-4-6-11/h2-6,12-13,17H,7-9H2,1H3,(H,14,16). The normalized spacial score (nSPS) is 24.8. The molecule has 1 heterocycles. The molecule has 2 unspecified atom stereocenters. The number of likely N-dealkylation sites (tertiary alicyclic amines) is 1. The van der Waals surface area contributed by atoms with Crippen LogP contribution in [-0.2, 0) is 11.3 Å². The number of nitrogens with zero attached hydrogens (tertiary/aromatic N) is 1. The average molecular weight is 234 g/mol. The van der Waals surface area contributed by atoms with Crippen molar-refractivity contribution in [3.63, 3.8) is 0 Å². The number of nitrogens with one attached hydrogen (secondary N) is 1. The molecule has 1 aromatic rings. The Kier molecular flexibility index (Phi) is 3.76. The third-order valence-electron chi connectivity index (χ3n) is 3.00. The van der Waals surface area contributed by atoms with Gasteiger partial charge >= 0.3 is 0 Å². The number of aliphatic hydroxyl groups is 1. The van der Waals surface area contributed by atoms with Gasteiger partial charge in [0.15, 0.2) is 0 Å². The summed E-state index contributed by atoms with van der Waals surface area (Å²) in [4.78, 5) is 13.1. The lowest BCUT2D eigenvalue weighted by Crippen LogP contribution is -2.41. The molecule has 0 aliphatic carbocycles. The number of aliphatic hydroxyl groups excluding tert-OH is 1.